The van der Waals surface area contributed by atoms with E-state index in [1.807, 2.05) is 6.07 Å². The molecule has 28 heavy (non-hydrogen) atoms. The van der Waals surface area contributed by atoms with Gasteiger partial charge in [-0.25, -0.2) is 0 Å². The van der Waals surface area contributed by atoms with E-state index in [2.05, 4.69) is 42.5 Å². The topological polar surface area (TPSA) is 18.5 Å². The molecule has 2 aromatic carbocycles. The quantitative estimate of drug-likeness (QED) is 0.299. The van der Waals surface area contributed by atoms with Crippen molar-refractivity contribution in [2.24, 2.45) is 0 Å². The van der Waals surface area contributed by atoms with Crippen molar-refractivity contribution in [2.45, 2.75) is 77.0 Å². The number of hydrogen-bond acceptors (Lipinski definition) is 2. The second-order valence-electron chi connectivity index (χ2n) is 7.67. The van der Waals surface area contributed by atoms with E-state index in [1.165, 1.54) is 81.8 Å². The van der Waals surface area contributed by atoms with Crippen LogP contribution in [0.4, 0.5) is 0 Å². The number of para-hydroxylation sites is 1. The zero-order valence-corrected chi connectivity index (χ0v) is 17.9. The van der Waals surface area contributed by atoms with E-state index in [0.717, 1.165) is 17.9 Å². The molecule has 0 aromatic heterocycles. The van der Waals surface area contributed by atoms with Crippen molar-refractivity contribution in [2.75, 3.05) is 14.2 Å². The molecule has 0 saturated heterocycles. The third-order valence-corrected chi connectivity index (χ3v) is 5.49. The Morgan fingerprint density at radius 2 is 1.11 bits per heavy atom. The average molecular weight is 383 g/mol. The monoisotopic (exact) mass is 382 g/mol. The SMILES string of the molecule is COc1cccc(CCCCCCCCCCCCc2ccccc2)c1OC. The summed E-state index contributed by atoms with van der Waals surface area (Å²) in [6.45, 7) is 0. The summed E-state index contributed by atoms with van der Waals surface area (Å²) >= 11 is 0. The Morgan fingerprint density at radius 3 is 1.68 bits per heavy atom. The molecule has 0 N–H and O–H groups in total. The summed E-state index contributed by atoms with van der Waals surface area (Å²) in [5.74, 6) is 1.74. The molecule has 0 atom stereocenters. The van der Waals surface area contributed by atoms with Gasteiger partial charge in [0.15, 0.2) is 11.5 Å². The van der Waals surface area contributed by atoms with Crippen molar-refractivity contribution >= 4 is 0 Å². The van der Waals surface area contributed by atoms with Crippen LogP contribution in [0.1, 0.15) is 75.3 Å². The van der Waals surface area contributed by atoms with Crippen LogP contribution in [-0.2, 0) is 12.8 Å². The van der Waals surface area contributed by atoms with Gasteiger partial charge in [0.2, 0.25) is 0 Å². The molecular formula is C26H38O2. The predicted molar refractivity (Wildman–Crippen MR) is 120 cm³/mol. The summed E-state index contributed by atoms with van der Waals surface area (Å²) in [7, 11) is 3.42. The molecule has 2 nitrogen and oxygen atoms in total. The first-order valence-electron chi connectivity index (χ1n) is 11.1. The van der Waals surface area contributed by atoms with E-state index in [9.17, 15) is 0 Å². The Hall–Kier alpha value is -1.96. The van der Waals surface area contributed by atoms with Gasteiger partial charge in [0, 0.05) is 0 Å². The summed E-state index contributed by atoms with van der Waals surface area (Å²) in [5.41, 5.74) is 2.74. The maximum absolute atomic E-state index is 5.52. The van der Waals surface area contributed by atoms with Crippen LogP contribution in [0.2, 0.25) is 0 Å². The second kappa shape index (κ2) is 14.1. The number of unbranched alkanes of at least 4 members (excludes halogenated alkanes) is 9. The molecule has 0 bridgehead atoms. The number of rotatable bonds is 15. The van der Waals surface area contributed by atoms with Crippen LogP contribution in [-0.4, -0.2) is 14.2 Å². The minimum Gasteiger partial charge on any atom is -0.493 e. The lowest BCUT2D eigenvalue weighted by atomic mass is 10.0. The van der Waals surface area contributed by atoms with Gasteiger partial charge in [-0.05, 0) is 42.9 Å². The van der Waals surface area contributed by atoms with Crippen LogP contribution >= 0.6 is 0 Å². The van der Waals surface area contributed by atoms with Crippen LogP contribution < -0.4 is 9.47 Å². The molecule has 0 aliphatic carbocycles. The standard InChI is InChI=1S/C26H38O2/c1-27-25-22-16-21-24(26(25)28-2)20-15-10-8-6-4-3-5-7-9-12-17-23-18-13-11-14-19-23/h11,13-14,16,18-19,21-22H,3-10,12,15,17,20H2,1-2H3. The van der Waals surface area contributed by atoms with Gasteiger partial charge in [0.25, 0.3) is 0 Å². The summed E-state index contributed by atoms with van der Waals surface area (Å²) < 4.78 is 10.9. The lowest BCUT2D eigenvalue weighted by molar-refractivity contribution is 0.351. The Balaban J connectivity index is 1.43. The number of ether oxygens (including phenoxy) is 2. The third kappa shape index (κ3) is 8.37. The fourth-order valence-corrected chi connectivity index (χ4v) is 3.85. The van der Waals surface area contributed by atoms with Gasteiger partial charge in [-0.3, -0.25) is 0 Å². The minimum absolute atomic E-state index is 0.837. The van der Waals surface area contributed by atoms with Crippen LogP contribution in [0.25, 0.3) is 0 Å². The number of aryl methyl sites for hydroxylation is 2. The molecule has 0 unspecified atom stereocenters. The predicted octanol–water partition coefficient (Wildman–Crippen LogP) is 7.39. The summed E-state index contributed by atoms with van der Waals surface area (Å²) in [6.07, 6.45) is 15.8. The highest BCUT2D eigenvalue weighted by Gasteiger charge is 2.08. The third-order valence-electron chi connectivity index (χ3n) is 5.49. The van der Waals surface area contributed by atoms with Crippen LogP contribution in [0.5, 0.6) is 11.5 Å². The smallest absolute Gasteiger partial charge is 0.163 e. The highest BCUT2D eigenvalue weighted by Crippen LogP contribution is 2.31. The Labute approximate surface area is 172 Å². The molecule has 2 aromatic rings. The molecule has 0 spiro atoms. The zero-order valence-electron chi connectivity index (χ0n) is 17.9. The maximum atomic E-state index is 5.52. The molecule has 154 valence electrons. The molecule has 0 heterocycles. The average Bonchev–Trinajstić information content (AvgIpc) is 2.74. The van der Waals surface area contributed by atoms with Crippen molar-refractivity contribution in [3.05, 3.63) is 59.7 Å². The van der Waals surface area contributed by atoms with E-state index in [4.69, 9.17) is 9.47 Å². The van der Waals surface area contributed by atoms with Crippen molar-refractivity contribution in [3.63, 3.8) is 0 Å². The first-order chi connectivity index (χ1) is 13.8. The lowest BCUT2D eigenvalue weighted by Gasteiger charge is -2.12. The highest BCUT2D eigenvalue weighted by molar-refractivity contribution is 5.46. The molecule has 0 aliphatic heterocycles. The largest absolute Gasteiger partial charge is 0.493 e. The van der Waals surface area contributed by atoms with Crippen LogP contribution in [0, 0.1) is 0 Å². The Bertz CT molecular complexity index is 636. The van der Waals surface area contributed by atoms with Gasteiger partial charge in [0.05, 0.1) is 14.2 Å². The molecule has 2 rings (SSSR count). The second-order valence-corrected chi connectivity index (χ2v) is 7.67. The van der Waals surface area contributed by atoms with Crippen LogP contribution in [0.15, 0.2) is 48.5 Å². The van der Waals surface area contributed by atoms with Crippen molar-refractivity contribution < 1.29 is 9.47 Å². The summed E-state index contributed by atoms with van der Waals surface area (Å²) in [5, 5.41) is 0. The first kappa shape index (κ1) is 22.3. The first-order valence-corrected chi connectivity index (χ1v) is 11.1. The van der Waals surface area contributed by atoms with Gasteiger partial charge in [0.1, 0.15) is 0 Å². The van der Waals surface area contributed by atoms with Crippen molar-refractivity contribution in [3.8, 4) is 11.5 Å². The fourth-order valence-electron chi connectivity index (χ4n) is 3.85. The number of benzene rings is 2. The van der Waals surface area contributed by atoms with Crippen molar-refractivity contribution in [1.29, 1.82) is 0 Å². The number of hydrogen-bond donors (Lipinski definition) is 0. The highest BCUT2D eigenvalue weighted by atomic mass is 16.5. The Morgan fingerprint density at radius 1 is 0.536 bits per heavy atom. The maximum Gasteiger partial charge on any atom is 0.163 e. The van der Waals surface area contributed by atoms with E-state index < -0.39 is 0 Å². The molecule has 0 aliphatic rings. The van der Waals surface area contributed by atoms with Gasteiger partial charge < -0.3 is 9.47 Å². The summed E-state index contributed by atoms with van der Waals surface area (Å²) in [4.78, 5) is 0. The van der Waals surface area contributed by atoms with Gasteiger partial charge >= 0.3 is 0 Å². The molecule has 0 radical (unpaired) electrons. The number of methoxy groups -OCH3 is 2. The van der Waals surface area contributed by atoms with Crippen molar-refractivity contribution in [1.82, 2.24) is 0 Å². The normalized spacial score (nSPS) is 10.8. The molecule has 2 heteroatoms. The summed E-state index contributed by atoms with van der Waals surface area (Å²) in [6, 6.07) is 17.0. The Kier molecular flexibility index (Phi) is 11.2. The van der Waals surface area contributed by atoms with E-state index in [-0.39, 0.29) is 0 Å². The molecule has 0 saturated carbocycles. The lowest BCUT2D eigenvalue weighted by Crippen LogP contribution is -1.96. The van der Waals surface area contributed by atoms with Gasteiger partial charge in [-0.15, -0.1) is 0 Å². The van der Waals surface area contributed by atoms with Gasteiger partial charge in [-0.2, -0.15) is 0 Å². The molecule has 0 fully saturated rings. The minimum atomic E-state index is 0.837. The van der Waals surface area contributed by atoms with Crippen LogP contribution in [0.3, 0.4) is 0 Å². The zero-order chi connectivity index (χ0) is 19.9. The van der Waals surface area contributed by atoms with E-state index >= 15 is 0 Å². The molecule has 0 amide bonds. The van der Waals surface area contributed by atoms with E-state index in [1.54, 1.807) is 14.2 Å². The van der Waals surface area contributed by atoms with E-state index in [0.29, 0.717) is 0 Å². The van der Waals surface area contributed by atoms with Gasteiger partial charge in [-0.1, -0.05) is 93.8 Å². The molecular weight excluding hydrogens is 344 g/mol. The fraction of sp³-hybridized carbons (Fsp3) is 0.538.